The first-order chi connectivity index (χ1) is 8.19. The Morgan fingerprint density at radius 1 is 1.12 bits per heavy atom. The molecule has 3 fully saturated rings. The summed E-state index contributed by atoms with van der Waals surface area (Å²) in [6.45, 7) is 6.05. The fraction of sp³-hybridized carbons (Fsp3) is 1.00. The van der Waals surface area contributed by atoms with Gasteiger partial charge in [0.1, 0.15) is 0 Å². The topological polar surface area (TPSA) is 32.7 Å². The maximum absolute atomic E-state index is 10.9. The van der Waals surface area contributed by atoms with Crippen LogP contribution in [0.4, 0.5) is 0 Å². The summed E-state index contributed by atoms with van der Waals surface area (Å²) < 4.78 is 5.58. The molecule has 0 spiro atoms. The summed E-state index contributed by atoms with van der Waals surface area (Å²) in [6.07, 6.45) is 6.36. The zero-order valence-electron chi connectivity index (χ0n) is 10.9. The van der Waals surface area contributed by atoms with Crippen molar-refractivity contribution in [2.75, 3.05) is 26.3 Å². The lowest BCUT2D eigenvalue weighted by molar-refractivity contribution is -0.113. The molecule has 0 amide bonds. The molecule has 3 aliphatic rings. The predicted molar refractivity (Wildman–Crippen MR) is 66.9 cm³/mol. The van der Waals surface area contributed by atoms with Crippen LogP contribution in [0.25, 0.3) is 0 Å². The minimum absolute atomic E-state index is 0.364. The highest BCUT2D eigenvalue weighted by molar-refractivity contribution is 5.03. The zero-order valence-corrected chi connectivity index (χ0v) is 10.9. The maximum Gasteiger partial charge on any atom is 0.0827 e. The molecule has 0 unspecified atom stereocenters. The summed E-state index contributed by atoms with van der Waals surface area (Å²) in [4.78, 5) is 2.54. The molecular formula is C14H25NO2. The van der Waals surface area contributed by atoms with Crippen molar-refractivity contribution in [3.8, 4) is 0 Å². The normalized spacial score (nSPS) is 48.0. The average Bonchev–Trinajstić information content (AvgIpc) is 2.80. The maximum atomic E-state index is 10.9. The van der Waals surface area contributed by atoms with Gasteiger partial charge in [0.25, 0.3) is 0 Å². The standard InChI is InChI=1S/C14H25NO2/c1-14(16)12-10-17-9-11(12)5-6-13(14)15-7-3-2-4-8-15/h11-13,16H,2-10H2,1H3/t11-,12+,13-,14-/m0/s1. The van der Waals surface area contributed by atoms with Crippen molar-refractivity contribution in [1.82, 2.24) is 4.90 Å². The molecule has 2 aliphatic heterocycles. The molecule has 0 bridgehead atoms. The van der Waals surface area contributed by atoms with E-state index >= 15 is 0 Å². The Balaban J connectivity index is 1.75. The minimum Gasteiger partial charge on any atom is -0.388 e. The number of hydrogen-bond donors (Lipinski definition) is 1. The van der Waals surface area contributed by atoms with Crippen LogP contribution in [0.15, 0.2) is 0 Å². The second kappa shape index (κ2) is 4.52. The molecule has 0 aromatic carbocycles. The van der Waals surface area contributed by atoms with Crippen molar-refractivity contribution in [2.45, 2.75) is 50.7 Å². The number of rotatable bonds is 1. The van der Waals surface area contributed by atoms with Gasteiger partial charge in [-0.1, -0.05) is 6.42 Å². The molecule has 3 nitrogen and oxygen atoms in total. The van der Waals surface area contributed by atoms with Crippen LogP contribution in [0.1, 0.15) is 39.0 Å². The summed E-state index contributed by atoms with van der Waals surface area (Å²) in [5.74, 6) is 0.967. The molecule has 1 saturated carbocycles. The van der Waals surface area contributed by atoms with E-state index in [0.29, 0.717) is 17.9 Å². The Bertz CT molecular complexity index is 273. The van der Waals surface area contributed by atoms with Gasteiger partial charge in [0, 0.05) is 18.6 Å². The smallest absolute Gasteiger partial charge is 0.0827 e. The molecule has 98 valence electrons. The third-order valence-electron chi connectivity index (χ3n) is 5.27. The number of piperidine rings is 1. The van der Waals surface area contributed by atoms with E-state index < -0.39 is 5.60 Å². The molecule has 2 heterocycles. The third-order valence-corrected chi connectivity index (χ3v) is 5.27. The highest BCUT2D eigenvalue weighted by atomic mass is 16.5. The van der Waals surface area contributed by atoms with Gasteiger partial charge >= 0.3 is 0 Å². The van der Waals surface area contributed by atoms with Gasteiger partial charge in [-0.3, -0.25) is 4.90 Å². The number of fused-ring (bicyclic) bond motifs is 1. The van der Waals surface area contributed by atoms with E-state index in [9.17, 15) is 5.11 Å². The second-order valence-corrected chi connectivity index (χ2v) is 6.32. The molecule has 2 saturated heterocycles. The Labute approximate surface area is 104 Å². The van der Waals surface area contributed by atoms with Gasteiger partial charge in [-0.15, -0.1) is 0 Å². The van der Waals surface area contributed by atoms with E-state index in [-0.39, 0.29) is 0 Å². The zero-order chi connectivity index (χ0) is 11.9. The molecule has 1 aliphatic carbocycles. The van der Waals surface area contributed by atoms with Crippen LogP contribution in [0.5, 0.6) is 0 Å². The van der Waals surface area contributed by atoms with Crippen LogP contribution in [-0.4, -0.2) is 48.0 Å². The van der Waals surface area contributed by atoms with Crippen molar-refractivity contribution < 1.29 is 9.84 Å². The summed E-state index contributed by atoms with van der Waals surface area (Å²) in [6, 6.07) is 0.366. The first-order valence-electron chi connectivity index (χ1n) is 7.24. The van der Waals surface area contributed by atoms with Gasteiger partial charge in [-0.05, 0) is 51.6 Å². The highest BCUT2D eigenvalue weighted by Crippen LogP contribution is 2.43. The summed E-state index contributed by atoms with van der Waals surface area (Å²) in [5.41, 5.74) is -0.545. The molecule has 3 rings (SSSR count). The van der Waals surface area contributed by atoms with Crippen LogP contribution in [0.3, 0.4) is 0 Å². The van der Waals surface area contributed by atoms with Crippen LogP contribution in [0, 0.1) is 11.8 Å². The number of ether oxygens (including phenoxy) is 1. The van der Waals surface area contributed by atoms with Gasteiger partial charge in [0.15, 0.2) is 0 Å². The third kappa shape index (κ3) is 2.02. The Morgan fingerprint density at radius 3 is 2.65 bits per heavy atom. The molecule has 1 N–H and O–H groups in total. The molecule has 0 radical (unpaired) electrons. The quantitative estimate of drug-likeness (QED) is 0.755. The van der Waals surface area contributed by atoms with Crippen LogP contribution in [-0.2, 0) is 4.74 Å². The predicted octanol–water partition coefficient (Wildman–Crippen LogP) is 1.65. The van der Waals surface area contributed by atoms with Crippen LogP contribution in [0.2, 0.25) is 0 Å². The first kappa shape index (κ1) is 11.9. The minimum atomic E-state index is -0.545. The van der Waals surface area contributed by atoms with Crippen LogP contribution < -0.4 is 0 Å². The fourth-order valence-electron chi connectivity index (χ4n) is 4.22. The van der Waals surface area contributed by atoms with Gasteiger partial charge in [-0.25, -0.2) is 0 Å². The van der Waals surface area contributed by atoms with E-state index in [4.69, 9.17) is 4.74 Å². The van der Waals surface area contributed by atoms with Crippen LogP contribution >= 0.6 is 0 Å². The Morgan fingerprint density at radius 2 is 1.88 bits per heavy atom. The lowest BCUT2D eigenvalue weighted by Crippen LogP contribution is -2.60. The van der Waals surface area contributed by atoms with E-state index in [1.165, 1.54) is 38.8 Å². The van der Waals surface area contributed by atoms with Crippen molar-refractivity contribution in [3.63, 3.8) is 0 Å². The van der Waals surface area contributed by atoms with E-state index in [1.54, 1.807) is 0 Å². The molecule has 0 aromatic heterocycles. The Hall–Kier alpha value is -0.120. The lowest BCUT2D eigenvalue weighted by atomic mass is 9.68. The molecule has 17 heavy (non-hydrogen) atoms. The van der Waals surface area contributed by atoms with E-state index in [0.717, 1.165) is 19.6 Å². The molecular weight excluding hydrogens is 214 g/mol. The molecule has 0 aromatic rings. The number of hydrogen-bond acceptors (Lipinski definition) is 3. The van der Waals surface area contributed by atoms with Gasteiger partial charge in [-0.2, -0.15) is 0 Å². The largest absolute Gasteiger partial charge is 0.388 e. The second-order valence-electron chi connectivity index (χ2n) is 6.32. The van der Waals surface area contributed by atoms with Gasteiger partial charge in [0.2, 0.25) is 0 Å². The molecule has 4 atom stereocenters. The number of nitrogens with zero attached hydrogens (tertiary/aromatic N) is 1. The summed E-state index contributed by atoms with van der Waals surface area (Å²) >= 11 is 0. The SMILES string of the molecule is C[C@]1(O)[C@@H]2COC[C@@H]2CC[C@@H]1N1CCCCC1. The van der Waals surface area contributed by atoms with Crippen molar-refractivity contribution in [3.05, 3.63) is 0 Å². The van der Waals surface area contributed by atoms with Crippen molar-refractivity contribution >= 4 is 0 Å². The van der Waals surface area contributed by atoms with E-state index in [2.05, 4.69) is 11.8 Å². The van der Waals surface area contributed by atoms with Crippen molar-refractivity contribution in [1.29, 1.82) is 0 Å². The number of aliphatic hydroxyl groups is 1. The lowest BCUT2D eigenvalue weighted by Gasteiger charge is -2.50. The summed E-state index contributed by atoms with van der Waals surface area (Å²) in [5, 5.41) is 10.9. The average molecular weight is 239 g/mol. The van der Waals surface area contributed by atoms with E-state index in [1.807, 2.05) is 0 Å². The number of likely N-dealkylation sites (tertiary alicyclic amines) is 1. The van der Waals surface area contributed by atoms with Crippen molar-refractivity contribution in [2.24, 2.45) is 11.8 Å². The fourth-order valence-corrected chi connectivity index (χ4v) is 4.22. The first-order valence-corrected chi connectivity index (χ1v) is 7.24. The summed E-state index contributed by atoms with van der Waals surface area (Å²) in [7, 11) is 0. The molecule has 3 heteroatoms. The monoisotopic (exact) mass is 239 g/mol. The Kier molecular flexibility index (Phi) is 3.18. The van der Waals surface area contributed by atoms with Gasteiger partial charge < -0.3 is 9.84 Å². The highest BCUT2D eigenvalue weighted by Gasteiger charge is 2.51. The van der Waals surface area contributed by atoms with Gasteiger partial charge in [0.05, 0.1) is 12.2 Å².